The predicted molar refractivity (Wildman–Crippen MR) is 113 cm³/mol. The first-order chi connectivity index (χ1) is 13.9. The summed E-state index contributed by atoms with van der Waals surface area (Å²) >= 11 is 0. The zero-order valence-electron chi connectivity index (χ0n) is 17.1. The van der Waals surface area contributed by atoms with Gasteiger partial charge in [-0.25, -0.2) is 18.9 Å². The lowest BCUT2D eigenvalue weighted by Crippen LogP contribution is -2.34. The molecule has 0 saturated heterocycles. The van der Waals surface area contributed by atoms with Gasteiger partial charge in [-0.1, -0.05) is 6.92 Å². The monoisotopic (exact) mass is 392 g/mol. The summed E-state index contributed by atoms with van der Waals surface area (Å²) in [6.45, 7) is 8.33. The number of nitrogens with one attached hydrogen (secondary N) is 1. The summed E-state index contributed by atoms with van der Waals surface area (Å²) in [6, 6.07) is 6.18. The molecule has 0 amide bonds. The van der Waals surface area contributed by atoms with Crippen molar-refractivity contribution in [2.24, 2.45) is 5.92 Å². The highest BCUT2D eigenvalue weighted by molar-refractivity contribution is 5.88. The molecule has 1 aliphatic carbocycles. The van der Waals surface area contributed by atoms with Gasteiger partial charge in [-0.05, 0) is 63.3 Å². The van der Waals surface area contributed by atoms with Crippen LogP contribution >= 0.6 is 0 Å². The van der Waals surface area contributed by atoms with Crippen LogP contribution in [0.3, 0.4) is 0 Å². The molecule has 1 N–H and O–H groups in total. The van der Waals surface area contributed by atoms with Crippen LogP contribution < -0.4 is 5.32 Å². The quantitative estimate of drug-likeness (QED) is 0.532. The molecule has 29 heavy (non-hydrogen) atoms. The molecule has 0 atom stereocenters. The Morgan fingerprint density at radius 2 is 2.00 bits per heavy atom. The Balaban J connectivity index is 1.56. The van der Waals surface area contributed by atoms with E-state index in [-0.39, 0.29) is 11.9 Å². The van der Waals surface area contributed by atoms with Crippen LogP contribution in [0, 0.1) is 18.7 Å². The third-order valence-electron chi connectivity index (χ3n) is 5.88. The smallest absolute Gasteiger partial charge is 0.241 e. The first kappa shape index (κ1) is 18.1. The molecule has 5 rings (SSSR count). The van der Waals surface area contributed by atoms with Gasteiger partial charge in [-0.15, -0.1) is 5.10 Å². The lowest BCUT2D eigenvalue weighted by atomic mass is 9.82. The molecule has 1 fully saturated rings. The van der Waals surface area contributed by atoms with Crippen molar-refractivity contribution in [3.8, 4) is 11.1 Å². The van der Waals surface area contributed by atoms with E-state index in [4.69, 9.17) is 0 Å². The van der Waals surface area contributed by atoms with Crippen LogP contribution in [0.4, 0.5) is 10.3 Å². The number of halogens is 1. The largest absolute Gasteiger partial charge is 0.350 e. The lowest BCUT2D eigenvalue weighted by Gasteiger charge is -2.33. The highest BCUT2D eigenvalue weighted by atomic mass is 19.1. The van der Waals surface area contributed by atoms with E-state index in [1.54, 1.807) is 16.8 Å². The fourth-order valence-corrected chi connectivity index (χ4v) is 4.49. The van der Waals surface area contributed by atoms with Crippen molar-refractivity contribution in [1.29, 1.82) is 0 Å². The molecule has 0 radical (unpaired) electrons. The summed E-state index contributed by atoms with van der Waals surface area (Å²) in [5.74, 6) is 1.91. The number of fused-ring (bicyclic) bond motifs is 2. The normalized spacial score (nSPS) is 19.2. The Kier molecular flexibility index (Phi) is 4.08. The number of rotatable bonds is 4. The molecular formula is C22H25FN6. The van der Waals surface area contributed by atoms with Crippen molar-refractivity contribution in [1.82, 2.24) is 24.1 Å². The maximum absolute atomic E-state index is 14.9. The number of imidazole rings is 1. The van der Waals surface area contributed by atoms with Gasteiger partial charge in [0.05, 0.1) is 17.2 Å². The highest BCUT2D eigenvalue weighted by Crippen LogP contribution is 2.32. The second-order valence-corrected chi connectivity index (χ2v) is 8.51. The number of hydrogen-bond donors (Lipinski definition) is 1. The summed E-state index contributed by atoms with van der Waals surface area (Å²) in [7, 11) is 0. The van der Waals surface area contributed by atoms with Crippen LogP contribution in [0.1, 0.15) is 45.5 Å². The van der Waals surface area contributed by atoms with Crippen LogP contribution in [0.15, 0.2) is 30.6 Å². The average Bonchev–Trinajstić information content (AvgIpc) is 3.20. The maximum atomic E-state index is 14.9. The average molecular weight is 392 g/mol. The summed E-state index contributed by atoms with van der Waals surface area (Å²) in [4.78, 5) is 8.92. The molecule has 7 heteroatoms. The molecule has 0 spiro atoms. The van der Waals surface area contributed by atoms with Gasteiger partial charge in [-0.3, -0.25) is 0 Å². The van der Waals surface area contributed by atoms with Crippen molar-refractivity contribution in [3.63, 3.8) is 0 Å². The first-order valence-corrected chi connectivity index (χ1v) is 10.2. The van der Waals surface area contributed by atoms with Gasteiger partial charge < -0.3 is 9.88 Å². The summed E-state index contributed by atoms with van der Waals surface area (Å²) in [5, 5.41) is 7.98. The minimum atomic E-state index is -0.308. The van der Waals surface area contributed by atoms with Gasteiger partial charge >= 0.3 is 0 Å². The second kappa shape index (κ2) is 6.54. The van der Waals surface area contributed by atoms with Gasteiger partial charge in [-0.2, -0.15) is 0 Å². The molecule has 3 heterocycles. The summed E-state index contributed by atoms with van der Waals surface area (Å²) < 4.78 is 18.7. The van der Waals surface area contributed by atoms with Crippen molar-refractivity contribution in [2.75, 3.05) is 5.32 Å². The van der Waals surface area contributed by atoms with E-state index >= 15 is 0 Å². The van der Waals surface area contributed by atoms with E-state index in [2.05, 4.69) is 45.7 Å². The molecule has 0 aliphatic heterocycles. The Morgan fingerprint density at radius 1 is 1.21 bits per heavy atom. The second-order valence-electron chi connectivity index (χ2n) is 8.51. The third-order valence-corrected chi connectivity index (χ3v) is 5.88. The molecule has 0 bridgehead atoms. The van der Waals surface area contributed by atoms with Gasteiger partial charge in [0.15, 0.2) is 5.82 Å². The summed E-state index contributed by atoms with van der Waals surface area (Å²) in [5.41, 5.74) is 3.79. The number of benzene rings is 1. The van der Waals surface area contributed by atoms with Gasteiger partial charge in [0.25, 0.3) is 0 Å². The van der Waals surface area contributed by atoms with Gasteiger partial charge in [0, 0.05) is 23.8 Å². The molecule has 150 valence electrons. The van der Waals surface area contributed by atoms with E-state index < -0.39 is 0 Å². The Labute approximate surface area is 168 Å². The molecule has 1 aliphatic rings. The predicted octanol–water partition coefficient (Wildman–Crippen LogP) is 4.98. The van der Waals surface area contributed by atoms with Gasteiger partial charge in [0.1, 0.15) is 11.3 Å². The molecule has 1 saturated carbocycles. The van der Waals surface area contributed by atoms with E-state index in [1.807, 2.05) is 25.3 Å². The zero-order chi connectivity index (χ0) is 20.3. The standard InChI is InChI=1S/C22H25FN6/c1-12(2)29-14(4)25-21-18(23)9-15(10-19(21)29)17-5-6-28-20(17)11-24-22(27-28)26-16-7-13(3)8-16/h5-6,9-13,16H,7-8H2,1-4H3,(H,26,27). The number of aromatic nitrogens is 5. The molecule has 0 unspecified atom stereocenters. The van der Waals surface area contributed by atoms with Crippen molar-refractivity contribution in [3.05, 3.63) is 42.2 Å². The minimum absolute atomic E-state index is 0.201. The number of nitrogens with zero attached hydrogens (tertiary/aromatic N) is 5. The van der Waals surface area contributed by atoms with Crippen LogP contribution in [-0.2, 0) is 0 Å². The number of aryl methyl sites for hydroxylation is 1. The van der Waals surface area contributed by atoms with Crippen LogP contribution in [0.5, 0.6) is 0 Å². The maximum Gasteiger partial charge on any atom is 0.241 e. The number of hydrogen-bond acceptors (Lipinski definition) is 4. The Bertz CT molecular complexity index is 1220. The molecule has 4 aromatic rings. The van der Waals surface area contributed by atoms with E-state index in [9.17, 15) is 4.39 Å². The van der Waals surface area contributed by atoms with Crippen molar-refractivity contribution in [2.45, 2.75) is 52.6 Å². The third kappa shape index (κ3) is 2.96. The highest BCUT2D eigenvalue weighted by Gasteiger charge is 2.26. The molecule has 6 nitrogen and oxygen atoms in total. The van der Waals surface area contributed by atoms with Crippen molar-refractivity contribution < 1.29 is 4.39 Å². The van der Waals surface area contributed by atoms with Gasteiger partial charge in [0.2, 0.25) is 5.95 Å². The topological polar surface area (TPSA) is 60.0 Å². The first-order valence-electron chi connectivity index (χ1n) is 10.2. The molecule has 1 aromatic carbocycles. The fraction of sp³-hybridized carbons (Fsp3) is 0.409. The zero-order valence-corrected chi connectivity index (χ0v) is 17.1. The van der Waals surface area contributed by atoms with Crippen LogP contribution in [-0.4, -0.2) is 30.2 Å². The lowest BCUT2D eigenvalue weighted by molar-refractivity contribution is 0.307. The SMILES string of the molecule is Cc1nc2c(F)cc(-c3ccn4nc(NC5CC(C)C5)ncc34)cc2n1C(C)C. The Hall–Kier alpha value is -2.96. The van der Waals surface area contributed by atoms with E-state index in [0.29, 0.717) is 17.5 Å². The Morgan fingerprint density at radius 3 is 2.72 bits per heavy atom. The van der Waals surface area contributed by atoms with Crippen molar-refractivity contribution >= 4 is 22.5 Å². The molecule has 3 aromatic heterocycles. The van der Waals surface area contributed by atoms with E-state index in [0.717, 1.165) is 46.7 Å². The number of anilines is 1. The molecular weight excluding hydrogens is 367 g/mol. The van der Waals surface area contributed by atoms with Crippen LogP contribution in [0.25, 0.3) is 27.7 Å². The minimum Gasteiger partial charge on any atom is -0.350 e. The van der Waals surface area contributed by atoms with E-state index in [1.165, 1.54) is 0 Å². The summed E-state index contributed by atoms with van der Waals surface area (Å²) in [6.07, 6.45) is 6.01. The fourth-order valence-electron chi connectivity index (χ4n) is 4.49. The van der Waals surface area contributed by atoms with Crippen LogP contribution in [0.2, 0.25) is 0 Å².